The Balaban J connectivity index is 2.57. The van der Waals surface area contributed by atoms with Crippen LogP contribution < -0.4 is 0 Å². The summed E-state index contributed by atoms with van der Waals surface area (Å²) < 4.78 is 35.0. The molecule has 0 fully saturated rings. The molecule has 1 aromatic heterocycles. The van der Waals surface area contributed by atoms with Crippen molar-refractivity contribution >= 4 is 6.21 Å². The fourth-order valence-electron chi connectivity index (χ4n) is 0.724. The van der Waals surface area contributed by atoms with E-state index in [1.807, 2.05) is 0 Å². The Kier molecular flexibility index (Phi) is 3.16. The van der Waals surface area contributed by atoms with Crippen molar-refractivity contribution in [1.29, 1.82) is 0 Å². The molecule has 0 saturated heterocycles. The maximum Gasteiger partial charge on any atom is 0.407 e. The topological polar surface area (TPSA) is 38.1 Å². The summed E-state index contributed by atoms with van der Waals surface area (Å²) in [5.41, 5.74) is 0.458. The SMILES string of the molecule is Cc1ncc(C=NCC(F)(F)F)cn1. The molecule has 6 heteroatoms. The molecule has 1 heterocycles. The number of halogens is 3. The quantitative estimate of drug-likeness (QED) is 0.687. The van der Waals surface area contributed by atoms with E-state index in [0.29, 0.717) is 11.4 Å². The van der Waals surface area contributed by atoms with E-state index in [0.717, 1.165) is 6.21 Å². The van der Waals surface area contributed by atoms with Crippen molar-refractivity contribution in [3.63, 3.8) is 0 Å². The second-order valence-electron chi connectivity index (χ2n) is 2.65. The summed E-state index contributed by atoms with van der Waals surface area (Å²) >= 11 is 0. The Morgan fingerprint density at radius 3 is 2.43 bits per heavy atom. The first-order chi connectivity index (χ1) is 6.47. The van der Waals surface area contributed by atoms with Gasteiger partial charge in [-0.2, -0.15) is 13.2 Å². The minimum absolute atomic E-state index is 0.458. The molecule has 3 nitrogen and oxygen atoms in total. The van der Waals surface area contributed by atoms with Gasteiger partial charge in [0.05, 0.1) is 0 Å². The van der Waals surface area contributed by atoms with Crippen LogP contribution in [0.3, 0.4) is 0 Å². The molecule has 0 spiro atoms. The van der Waals surface area contributed by atoms with Gasteiger partial charge in [-0.25, -0.2) is 9.97 Å². The highest BCUT2D eigenvalue weighted by molar-refractivity contribution is 5.78. The molecule has 0 unspecified atom stereocenters. The van der Waals surface area contributed by atoms with E-state index in [1.54, 1.807) is 6.92 Å². The molecule has 0 bridgehead atoms. The van der Waals surface area contributed by atoms with Crippen LogP contribution in [0.5, 0.6) is 0 Å². The molecule has 0 amide bonds. The molecule has 14 heavy (non-hydrogen) atoms. The Bertz CT molecular complexity index is 316. The van der Waals surface area contributed by atoms with Gasteiger partial charge in [0.2, 0.25) is 0 Å². The van der Waals surface area contributed by atoms with Crippen molar-refractivity contribution in [3.05, 3.63) is 23.8 Å². The molecule has 0 atom stereocenters. The lowest BCUT2D eigenvalue weighted by atomic mass is 10.4. The molecule has 1 rings (SSSR count). The minimum atomic E-state index is -4.26. The van der Waals surface area contributed by atoms with E-state index in [2.05, 4.69) is 15.0 Å². The molecule has 0 radical (unpaired) electrons. The van der Waals surface area contributed by atoms with Gasteiger partial charge in [0.1, 0.15) is 12.4 Å². The first-order valence-corrected chi connectivity index (χ1v) is 3.82. The van der Waals surface area contributed by atoms with Crippen molar-refractivity contribution in [2.75, 3.05) is 6.54 Å². The molecule has 0 saturated carbocycles. The summed E-state index contributed by atoms with van der Waals surface area (Å²) in [6, 6.07) is 0. The number of aliphatic imine (C=N–C) groups is 1. The number of hydrogen-bond donors (Lipinski definition) is 0. The molecular formula is C8H8F3N3. The monoisotopic (exact) mass is 203 g/mol. The van der Waals surface area contributed by atoms with E-state index in [1.165, 1.54) is 12.4 Å². The lowest BCUT2D eigenvalue weighted by molar-refractivity contribution is -0.118. The van der Waals surface area contributed by atoms with E-state index in [9.17, 15) is 13.2 Å². The highest BCUT2D eigenvalue weighted by atomic mass is 19.4. The third-order valence-electron chi connectivity index (χ3n) is 1.31. The highest BCUT2D eigenvalue weighted by Crippen LogP contribution is 2.14. The average molecular weight is 203 g/mol. The maximum atomic E-state index is 11.7. The smallest absolute Gasteiger partial charge is 0.283 e. The number of alkyl halides is 3. The first kappa shape index (κ1) is 10.6. The van der Waals surface area contributed by atoms with Gasteiger partial charge in [-0.05, 0) is 6.92 Å². The third kappa shape index (κ3) is 3.97. The van der Waals surface area contributed by atoms with Gasteiger partial charge >= 0.3 is 6.18 Å². The number of aryl methyl sites for hydroxylation is 1. The molecule has 1 aromatic rings. The zero-order valence-electron chi connectivity index (χ0n) is 7.41. The zero-order valence-corrected chi connectivity index (χ0v) is 7.41. The van der Waals surface area contributed by atoms with Gasteiger partial charge in [-0.15, -0.1) is 0 Å². The Hall–Kier alpha value is -1.46. The van der Waals surface area contributed by atoms with E-state index in [4.69, 9.17) is 0 Å². The van der Waals surface area contributed by atoms with E-state index >= 15 is 0 Å². The summed E-state index contributed by atoms with van der Waals surface area (Å²) in [5, 5.41) is 0. The first-order valence-electron chi connectivity index (χ1n) is 3.82. The predicted molar refractivity (Wildman–Crippen MR) is 45.3 cm³/mol. The zero-order chi connectivity index (χ0) is 10.6. The van der Waals surface area contributed by atoms with Gasteiger partial charge < -0.3 is 0 Å². The summed E-state index contributed by atoms with van der Waals surface area (Å²) in [6.07, 6.45) is -0.320. The number of hydrogen-bond acceptors (Lipinski definition) is 3. The summed E-state index contributed by atoms with van der Waals surface area (Å²) in [5.74, 6) is 0.568. The fourth-order valence-corrected chi connectivity index (χ4v) is 0.724. The van der Waals surface area contributed by atoms with Crippen LogP contribution in [0.1, 0.15) is 11.4 Å². The molecule has 0 aliphatic rings. The van der Waals surface area contributed by atoms with Gasteiger partial charge in [0, 0.05) is 24.2 Å². The molecule has 76 valence electrons. The van der Waals surface area contributed by atoms with Crippen LogP contribution in [0.4, 0.5) is 13.2 Å². The van der Waals surface area contributed by atoms with Gasteiger partial charge in [0.25, 0.3) is 0 Å². The van der Waals surface area contributed by atoms with Crippen molar-refractivity contribution in [3.8, 4) is 0 Å². The molecular weight excluding hydrogens is 195 g/mol. The minimum Gasteiger partial charge on any atom is -0.283 e. The van der Waals surface area contributed by atoms with Crippen molar-refractivity contribution in [2.24, 2.45) is 4.99 Å². The fraction of sp³-hybridized carbons (Fsp3) is 0.375. The predicted octanol–water partition coefficient (Wildman–Crippen LogP) is 1.77. The molecule has 0 aliphatic heterocycles. The Morgan fingerprint density at radius 1 is 1.36 bits per heavy atom. The second-order valence-corrected chi connectivity index (χ2v) is 2.65. The largest absolute Gasteiger partial charge is 0.407 e. The molecule has 0 aromatic carbocycles. The van der Waals surface area contributed by atoms with E-state index < -0.39 is 12.7 Å². The van der Waals surface area contributed by atoms with Gasteiger partial charge in [0.15, 0.2) is 0 Å². The standard InChI is InChI=1S/C8H8F3N3/c1-6-13-3-7(4-14-6)2-12-5-8(9,10)11/h2-4H,5H2,1H3. The normalized spacial score (nSPS) is 12.3. The van der Waals surface area contributed by atoms with E-state index in [-0.39, 0.29) is 0 Å². The van der Waals surface area contributed by atoms with Crippen LogP contribution in [0, 0.1) is 6.92 Å². The second kappa shape index (κ2) is 4.17. The summed E-state index contributed by atoms with van der Waals surface area (Å²) in [7, 11) is 0. The average Bonchev–Trinajstić information content (AvgIpc) is 2.06. The van der Waals surface area contributed by atoms with Crippen LogP contribution in [0.2, 0.25) is 0 Å². The Morgan fingerprint density at radius 2 is 1.93 bits per heavy atom. The summed E-state index contributed by atoms with van der Waals surface area (Å²) in [4.78, 5) is 10.8. The highest BCUT2D eigenvalue weighted by Gasteiger charge is 2.25. The van der Waals surface area contributed by atoms with Crippen LogP contribution in [-0.2, 0) is 0 Å². The third-order valence-corrected chi connectivity index (χ3v) is 1.31. The lowest BCUT2D eigenvalue weighted by Gasteiger charge is -1.99. The molecule has 0 aliphatic carbocycles. The van der Waals surface area contributed by atoms with Crippen LogP contribution >= 0.6 is 0 Å². The molecule has 0 N–H and O–H groups in total. The number of rotatable bonds is 2. The number of aromatic nitrogens is 2. The van der Waals surface area contributed by atoms with Crippen molar-refractivity contribution in [2.45, 2.75) is 13.1 Å². The van der Waals surface area contributed by atoms with Gasteiger partial charge in [-0.1, -0.05) is 0 Å². The van der Waals surface area contributed by atoms with Crippen LogP contribution in [0.15, 0.2) is 17.4 Å². The van der Waals surface area contributed by atoms with Gasteiger partial charge in [-0.3, -0.25) is 4.99 Å². The van der Waals surface area contributed by atoms with Crippen LogP contribution in [-0.4, -0.2) is 28.9 Å². The van der Waals surface area contributed by atoms with Crippen molar-refractivity contribution in [1.82, 2.24) is 9.97 Å². The number of nitrogens with zero attached hydrogens (tertiary/aromatic N) is 3. The summed E-state index contributed by atoms with van der Waals surface area (Å²) in [6.45, 7) is 0.511. The van der Waals surface area contributed by atoms with Crippen LogP contribution in [0.25, 0.3) is 0 Å². The van der Waals surface area contributed by atoms with Crippen molar-refractivity contribution < 1.29 is 13.2 Å². The Labute approximate surface area is 78.7 Å². The lowest BCUT2D eigenvalue weighted by Crippen LogP contribution is -2.11. The maximum absolute atomic E-state index is 11.7.